The van der Waals surface area contributed by atoms with Gasteiger partial charge in [-0.25, -0.2) is 4.98 Å². The van der Waals surface area contributed by atoms with Gasteiger partial charge in [-0.3, -0.25) is 4.79 Å². The fraction of sp³-hybridized carbons (Fsp3) is 0.737. The third-order valence-corrected chi connectivity index (χ3v) is 5.58. The zero-order valence-electron chi connectivity index (χ0n) is 15.3. The number of piperazine rings is 1. The monoisotopic (exact) mass is 343 g/mol. The molecule has 0 radical (unpaired) electrons. The summed E-state index contributed by atoms with van der Waals surface area (Å²) in [7, 11) is 0. The largest absolute Gasteiger partial charge is 0.353 e. The number of rotatable bonds is 4. The molecule has 1 amide bonds. The quantitative estimate of drug-likeness (QED) is 0.839. The number of carbonyl (C=O) groups excluding carboxylic acids is 1. The predicted octanol–water partition coefficient (Wildman–Crippen LogP) is 2.22. The van der Waals surface area contributed by atoms with Crippen molar-refractivity contribution in [1.29, 1.82) is 0 Å². The van der Waals surface area contributed by atoms with Gasteiger partial charge in [-0.15, -0.1) is 0 Å². The molecule has 0 N–H and O–H groups in total. The van der Waals surface area contributed by atoms with E-state index >= 15 is 0 Å². The van der Waals surface area contributed by atoms with E-state index < -0.39 is 0 Å². The van der Waals surface area contributed by atoms with Crippen LogP contribution in [0.15, 0.2) is 6.07 Å². The molecule has 3 fully saturated rings. The molecule has 0 bridgehead atoms. The van der Waals surface area contributed by atoms with Gasteiger partial charge in [0.2, 0.25) is 11.9 Å². The van der Waals surface area contributed by atoms with E-state index in [4.69, 9.17) is 4.98 Å². The van der Waals surface area contributed by atoms with Gasteiger partial charge in [0.1, 0.15) is 5.82 Å². The van der Waals surface area contributed by atoms with Crippen molar-refractivity contribution >= 4 is 17.7 Å². The van der Waals surface area contributed by atoms with Crippen LogP contribution in [0, 0.1) is 12.8 Å². The Kier molecular flexibility index (Phi) is 4.77. The maximum atomic E-state index is 12.3. The molecule has 6 nitrogen and oxygen atoms in total. The molecule has 4 rings (SSSR count). The van der Waals surface area contributed by atoms with Gasteiger partial charge in [0.25, 0.3) is 0 Å². The number of hydrogen-bond donors (Lipinski definition) is 0. The molecule has 3 heterocycles. The third-order valence-electron chi connectivity index (χ3n) is 5.58. The van der Waals surface area contributed by atoms with Crippen molar-refractivity contribution in [2.24, 2.45) is 5.92 Å². The van der Waals surface area contributed by atoms with Crippen molar-refractivity contribution in [3.05, 3.63) is 11.8 Å². The fourth-order valence-electron chi connectivity index (χ4n) is 3.82. The van der Waals surface area contributed by atoms with Gasteiger partial charge < -0.3 is 14.7 Å². The number of piperidine rings is 1. The molecular weight excluding hydrogens is 314 g/mol. The second kappa shape index (κ2) is 7.18. The summed E-state index contributed by atoms with van der Waals surface area (Å²) in [4.78, 5) is 28.4. The number of carbonyl (C=O) groups is 1. The van der Waals surface area contributed by atoms with Gasteiger partial charge in [0, 0.05) is 57.4 Å². The Bertz CT molecular complexity index is 616. The Morgan fingerprint density at radius 2 is 1.72 bits per heavy atom. The van der Waals surface area contributed by atoms with Crippen LogP contribution in [0.5, 0.6) is 0 Å². The number of anilines is 2. The predicted molar refractivity (Wildman–Crippen MR) is 99.0 cm³/mol. The first-order chi connectivity index (χ1) is 12.2. The Morgan fingerprint density at radius 1 is 1.00 bits per heavy atom. The van der Waals surface area contributed by atoms with Crippen LogP contribution in [0.4, 0.5) is 11.8 Å². The molecule has 3 aliphatic rings. The minimum absolute atomic E-state index is 0.343. The summed E-state index contributed by atoms with van der Waals surface area (Å²) in [6, 6.07) is 2.08. The molecule has 0 spiro atoms. The van der Waals surface area contributed by atoms with Gasteiger partial charge in [0.15, 0.2) is 0 Å². The van der Waals surface area contributed by atoms with Crippen LogP contribution < -0.4 is 9.80 Å². The minimum atomic E-state index is 0.343. The number of aromatic nitrogens is 2. The van der Waals surface area contributed by atoms with Crippen molar-refractivity contribution in [3.8, 4) is 0 Å². The van der Waals surface area contributed by atoms with E-state index in [0.717, 1.165) is 63.1 Å². The minimum Gasteiger partial charge on any atom is -0.353 e. The third kappa shape index (κ3) is 4.05. The summed E-state index contributed by atoms with van der Waals surface area (Å²) in [6.07, 6.45) is 7.01. The van der Waals surface area contributed by atoms with Crippen LogP contribution in [-0.4, -0.2) is 60.0 Å². The van der Waals surface area contributed by atoms with Crippen molar-refractivity contribution in [2.45, 2.75) is 45.4 Å². The molecule has 0 aromatic carbocycles. The Morgan fingerprint density at radius 3 is 2.40 bits per heavy atom. The first-order valence-electron chi connectivity index (χ1n) is 9.82. The van der Waals surface area contributed by atoms with E-state index in [0.29, 0.717) is 11.8 Å². The SMILES string of the molecule is Cc1cc(N2CCN(C(=O)CC3CC3)CC2)nc(N2CCCCC2)n1. The average molecular weight is 343 g/mol. The topological polar surface area (TPSA) is 52.6 Å². The zero-order chi connectivity index (χ0) is 17.2. The fourth-order valence-corrected chi connectivity index (χ4v) is 3.82. The number of aryl methyl sites for hydroxylation is 1. The van der Waals surface area contributed by atoms with Gasteiger partial charge in [-0.05, 0) is 44.9 Å². The summed E-state index contributed by atoms with van der Waals surface area (Å²) >= 11 is 0. The van der Waals surface area contributed by atoms with Gasteiger partial charge in [-0.1, -0.05) is 0 Å². The number of amides is 1. The second-order valence-electron chi connectivity index (χ2n) is 7.73. The van der Waals surface area contributed by atoms with Gasteiger partial charge in [0.05, 0.1) is 0 Å². The highest BCUT2D eigenvalue weighted by Gasteiger charge is 2.29. The Balaban J connectivity index is 1.40. The van der Waals surface area contributed by atoms with Crippen molar-refractivity contribution < 1.29 is 4.79 Å². The summed E-state index contributed by atoms with van der Waals surface area (Å²) in [6.45, 7) is 7.53. The zero-order valence-corrected chi connectivity index (χ0v) is 15.3. The van der Waals surface area contributed by atoms with Gasteiger partial charge >= 0.3 is 0 Å². The van der Waals surface area contributed by atoms with Gasteiger partial charge in [-0.2, -0.15) is 4.98 Å². The molecule has 1 aromatic heterocycles. The van der Waals surface area contributed by atoms with Crippen molar-refractivity contribution in [3.63, 3.8) is 0 Å². The van der Waals surface area contributed by atoms with Crippen LogP contribution in [0.1, 0.15) is 44.2 Å². The molecule has 2 saturated heterocycles. The van der Waals surface area contributed by atoms with Crippen molar-refractivity contribution in [2.75, 3.05) is 49.1 Å². The van der Waals surface area contributed by atoms with E-state index in [-0.39, 0.29) is 0 Å². The summed E-state index contributed by atoms with van der Waals surface area (Å²) in [5, 5.41) is 0. The number of nitrogens with zero attached hydrogens (tertiary/aromatic N) is 5. The summed E-state index contributed by atoms with van der Waals surface area (Å²) < 4.78 is 0. The first-order valence-corrected chi connectivity index (χ1v) is 9.82. The molecule has 25 heavy (non-hydrogen) atoms. The maximum absolute atomic E-state index is 12.3. The van der Waals surface area contributed by atoms with Crippen LogP contribution in [0.3, 0.4) is 0 Å². The molecule has 136 valence electrons. The smallest absolute Gasteiger partial charge is 0.227 e. The molecule has 0 atom stereocenters. The normalized spacial score (nSPS) is 21.6. The lowest BCUT2D eigenvalue weighted by Crippen LogP contribution is -2.49. The lowest BCUT2D eigenvalue weighted by atomic mass is 10.1. The highest BCUT2D eigenvalue weighted by Crippen LogP contribution is 2.33. The highest BCUT2D eigenvalue weighted by atomic mass is 16.2. The second-order valence-corrected chi connectivity index (χ2v) is 7.73. The van der Waals surface area contributed by atoms with Crippen LogP contribution in [0.2, 0.25) is 0 Å². The van der Waals surface area contributed by atoms with E-state index in [2.05, 4.69) is 20.9 Å². The van der Waals surface area contributed by atoms with E-state index in [1.165, 1.54) is 32.1 Å². The highest BCUT2D eigenvalue weighted by molar-refractivity contribution is 5.77. The molecule has 1 aliphatic carbocycles. The first kappa shape index (κ1) is 16.6. The van der Waals surface area contributed by atoms with Crippen LogP contribution in [0.25, 0.3) is 0 Å². The summed E-state index contributed by atoms with van der Waals surface area (Å²) in [5.74, 6) is 2.90. The summed E-state index contributed by atoms with van der Waals surface area (Å²) in [5.41, 5.74) is 1.03. The molecule has 6 heteroatoms. The van der Waals surface area contributed by atoms with E-state index in [1.54, 1.807) is 0 Å². The van der Waals surface area contributed by atoms with E-state index in [9.17, 15) is 4.79 Å². The van der Waals surface area contributed by atoms with E-state index in [1.807, 2.05) is 11.8 Å². The Hall–Kier alpha value is -1.85. The van der Waals surface area contributed by atoms with Crippen LogP contribution in [-0.2, 0) is 4.79 Å². The molecule has 0 unspecified atom stereocenters. The van der Waals surface area contributed by atoms with Crippen LogP contribution >= 0.6 is 0 Å². The standard InChI is InChI=1S/C19H29N5O/c1-15-13-17(21-19(20-15)24-7-3-2-4-8-24)22-9-11-23(12-10-22)18(25)14-16-5-6-16/h13,16H,2-12,14H2,1H3. The Labute approximate surface area is 150 Å². The average Bonchev–Trinajstić information content (AvgIpc) is 3.46. The lowest BCUT2D eigenvalue weighted by Gasteiger charge is -2.36. The van der Waals surface area contributed by atoms with Crippen molar-refractivity contribution in [1.82, 2.24) is 14.9 Å². The number of hydrogen-bond acceptors (Lipinski definition) is 5. The molecule has 1 aromatic rings. The molecular formula is C19H29N5O. The maximum Gasteiger partial charge on any atom is 0.227 e. The lowest BCUT2D eigenvalue weighted by molar-refractivity contribution is -0.131. The molecule has 1 saturated carbocycles. The molecule has 2 aliphatic heterocycles.